The molecule has 0 fully saturated rings. The average molecular weight is 328 g/mol. The minimum absolute atomic E-state index is 0.427. The van der Waals surface area contributed by atoms with E-state index in [1.54, 1.807) is 7.05 Å². The first-order valence-corrected chi connectivity index (χ1v) is 7.68. The number of aryl methyl sites for hydroxylation is 1. The summed E-state index contributed by atoms with van der Waals surface area (Å²) >= 11 is 5.32. The average Bonchev–Trinajstić information content (AvgIpc) is 2.59. The Morgan fingerprint density at radius 3 is 2.52 bits per heavy atom. The highest BCUT2D eigenvalue weighted by atomic mass is 32.1. The lowest BCUT2D eigenvalue weighted by atomic mass is 10.0. The van der Waals surface area contributed by atoms with Gasteiger partial charge in [0, 0.05) is 12.6 Å². The van der Waals surface area contributed by atoms with Crippen molar-refractivity contribution in [2.45, 2.75) is 13.5 Å². The predicted octanol–water partition coefficient (Wildman–Crippen LogP) is 3.47. The second-order valence-electron chi connectivity index (χ2n) is 4.91. The van der Waals surface area contributed by atoms with Crippen molar-refractivity contribution in [3.63, 3.8) is 0 Å². The molecule has 2 aromatic rings. The van der Waals surface area contributed by atoms with Gasteiger partial charge in [0.25, 0.3) is 0 Å². The number of hydrogen-bond acceptors (Lipinski definition) is 4. The molecule has 0 radical (unpaired) electrons. The van der Waals surface area contributed by atoms with Crippen molar-refractivity contribution >= 4 is 22.9 Å². The van der Waals surface area contributed by atoms with Gasteiger partial charge in [0.15, 0.2) is 0 Å². The topological polar surface area (TPSA) is 42.9 Å². The van der Waals surface area contributed by atoms with Gasteiger partial charge in [-0.2, -0.15) is 0 Å². The molecule has 0 amide bonds. The number of para-hydroxylation sites is 1. The lowest BCUT2D eigenvalue weighted by molar-refractivity contribution is 0.214. The zero-order valence-electron chi connectivity index (χ0n) is 13.5. The summed E-state index contributed by atoms with van der Waals surface area (Å²) in [4.78, 5) is 5.46. The Bertz CT molecular complexity index is 714. The summed E-state index contributed by atoms with van der Waals surface area (Å²) in [7, 11) is 3.27. The van der Waals surface area contributed by atoms with Crippen molar-refractivity contribution in [1.82, 2.24) is 5.32 Å². The van der Waals surface area contributed by atoms with Crippen LogP contribution in [0.15, 0.2) is 53.7 Å². The van der Waals surface area contributed by atoms with Crippen molar-refractivity contribution in [1.29, 1.82) is 0 Å². The normalized spacial score (nSPS) is 11.0. The van der Waals surface area contributed by atoms with E-state index in [1.165, 1.54) is 7.11 Å². The van der Waals surface area contributed by atoms with E-state index >= 15 is 0 Å². The van der Waals surface area contributed by atoms with Crippen LogP contribution in [-0.2, 0) is 11.4 Å². The van der Waals surface area contributed by atoms with Gasteiger partial charge < -0.3 is 14.9 Å². The van der Waals surface area contributed by atoms with E-state index in [4.69, 9.17) is 21.8 Å². The van der Waals surface area contributed by atoms with Gasteiger partial charge >= 0.3 is 0 Å². The highest BCUT2D eigenvalue weighted by Crippen LogP contribution is 2.19. The zero-order valence-corrected chi connectivity index (χ0v) is 14.3. The van der Waals surface area contributed by atoms with E-state index < -0.39 is 0 Å². The van der Waals surface area contributed by atoms with Crippen LogP contribution >= 0.6 is 12.2 Å². The molecule has 0 saturated carbocycles. The first-order valence-electron chi connectivity index (χ1n) is 7.27. The van der Waals surface area contributed by atoms with Crippen LogP contribution in [0.3, 0.4) is 0 Å². The fourth-order valence-electron chi connectivity index (χ4n) is 2.17. The molecule has 0 aliphatic rings. The second-order valence-corrected chi connectivity index (χ2v) is 5.32. The lowest BCUT2D eigenvalue weighted by Crippen LogP contribution is -2.27. The van der Waals surface area contributed by atoms with Gasteiger partial charge in [0.05, 0.1) is 0 Å². The summed E-state index contributed by atoms with van der Waals surface area (Å²) in [6.07, 6.45) is 0. The maximum atomic E-state index is 5.95. The van der Waals surface area contributed by atoms with Crippen LogP contribution in [0.4, 0.5) is 0 Å². The van der Waals surface area contributed by atoms with E-state index in [2.05, 4.69) is 10.5 Å². The van der Waals surface area contributed by atoms with Crippen LogP contribution in [0, 0.1) is 6.92 Å². The molecule has 4 nitrogen and oxygen atoms in total. The zero-order chi connectivity index (χ0) is 16.7. The van der Waals surface area contributed by atoms with Gasteiger partial charge in [0.2, 0.25) is 0 Å². The van der Waals surface area contributed by atoms with E-state index in [0.717, 1.165) is 22.4 Å². The molecule has 23 heavy (non-hydrogen) atoms. The van der Waals surface area contributed by atoms with Gasteiger partial charge in [-0.1, -0.05) is 59.8 Å². The molecule has 0 aromatic heterocycles. The Balaban J connectivity index is 2.28. The number of likely N-dealkylation sites (N-methyl/N-ethyl adjacent to an activating group) is 1. The third-order valence-corrected chi connectivity index (χ3v) is 3.77. The number of rotatable bonds is 6. The van der Waals surface area contributed by atoms with Crippen LogP contribution in [0.25, 0.3) is 0 Å². The van der Waals surface area contributed by atoms with Gasteiger partial charge in [-0.25, -0.2) is 0 Å². The van der Waals surface area contributed by atoms with Gasteiger partial charge in [-0.15, -0.1) is 0 Å². The van der Waals surface area contributed by atoms with Crippen molar-refractivity contribution < 1.29 is 9.57 Å². The van der Waals surface area contributed by atoms with Crippen LogP contribution in [-0.4, -0.2) is 24.9 Å². The molecule has 5 heteroatoms. The van der Waals surface area contributed by atoms with Crippen molar-refractivity contribution in [3.05, 3.63) is 65.2 Å². The molecule has 0 spiro atoms. The Morgan fingerprint density at radius 1 is 1.13 bits per heavy atom. The van der Waals surface area contributed by atoms with Gasteiger partial charge in [-0.05, 0) is 24.1 Å². The fourth-order valence-corrected chi connectivity index (χ4v) is 2.32. The maximum Gasteiger partial charge on any atom is 0.144 e. The number of nitrogens with zero attached hydrogens (tertiary/aromatic N) is 1. The summed E-state index contributed by atoms with van der Waals surface area (Å²) in [6, 6.07) is 15.8. The monoisotopic (exact) mass is 328 g/mol. The van der Waals surface area contributed by atoms with Crippen LogP contribution < -0.4 is 10.1 Å². The molecule has 2 aromatic carbocycles. The van der Waals surface area contributed by atoms with Crippen molar-refractivity contribution in [2.24, 2.45) is 5.16 Å². The number of benzene rings is 2. The van der Waals surface area contributed by atoms with Crippen LogP contribution in [0.2, 0.25) is 0 Å². The molecule has 0 bridgehead atoms. The molecular weight excluding hydrogens is 308 g/mol. The molecule has 0 unspecified atom stereocenters. The molecule has 0 aliphatic heterocycles. The quantitative estimate of drug-likeness (QED) is 0.501. The minimum Gasteiger partial charge on any atom is -0.489 e. The van der Waals surface area contributed by atoms with Crippen molar-refractivity contribution in [2.75, 3.05) is 14.2 Å². The van der Waals surface area contributed by atoms with E-state index in [0.29, 0.717) is 17.3 Å². The summed E-state index contributed by atoms with van der Waals surface area (Å²) in [5, 5.41) is 6.99. The summed E-state index contributed by atoms with van der Waals surface area (Å²) < 4.78 is 5.95. The lowest BCUT2D eigenvalue weighted by Gasteiger charge is -2.14. The minimum atomic E-state index is 0.427. The smallest absolute Gasteiger partial charge is 0.144 e. The summed E-state index contributed by atoms with van der Waals surface area (Å²) in [5.74, 6) is 0.865. The number of oxime groups is 1. The Hall–Kier alpha value is -2.40. The standard InChI is InChI=1S/C18H20N2O2S/c1-13-8-4-7-11-16(13)22-12-14-9-5-6-10-15(14)17(20-21-3)18(23)19-2/h4-11H,12H2,1-3H3,(H,19,23). The third kappa shape index (κ3) is 4.29. The van der Waals surface area contributed by atoms with Crippen LogP contribution in [0.1, 0.15) is 16.7 Å². The molecule has 120 valence electrons. The van der Waals surface area contributed by atoms with Gasteiger partial charge in [0.1, 0.15) is 30.2 Å². The highest BCUT2D eigenvalue weighted by molar-refractivity contribution is 7.82. The fraction of sp³-hybridized carbons (Fsp3) is 0.222. The summed E-state index contributed by atoms with van der Waals surface area (Å²) in [5.41, 5.74) is 3.57. The number of thiocarbonyl (C=S) groups is 1. The molecule has 0 saturated heterocycles. The molecule has 0 atom stereocenters. The van der Waals surface area contributed by atoms with Crippen LogP contribution in [0.5, 0.6) is 5.75 Å². The molecule has 1 N–H and O–H groups in total. The third-order valence-electron chi connectivity index (χ3n) is 3.37. The van der Waals surface area contributed by atoms with Crippen molar-refractivity contribution in [3.8, 4) is 5.75 Å². The Morgan fingerprint density at radius 2 is 1.83 bits per heavy atom. The molecule has 2 rings (SSSR count). The first kappa shape index (κ1) is 17.0. The van der Waals surface area contributed by atoms with E-state index in [9.17, 15) is 0 Å². The number of hydrogen-bond donors (Lipinski definition) is 1. The van der Waals surface area contributed by atoms with Gasteiger partial charge in [-0.3, -0.25) is 0 Å². The number of ether oxygens (including phenoxy) is 1. The second kappa shape index (κ2) is 8.29. The first-order chi connectivity index (χ1) is 11.2. The Labute approximate surface area is 142 Å². The maximum absolute atomic E-state index is 5.95. The van der Waals surface area contributed by atoms with E-state index in [1.807, 2.05) is 55.5 Å². The highest BCUT2D eigenvalue weighted by Gasteiger charge is 2.14. The predicted molar refractivity (Wildman–Crippen MR) is 97.2 cm³/mol. The summed E-state index contributed by atoms with van der Waals surface area (Å²) in [6.45, 7) is 2.45. The molecular formula is C18H20N2O2S. The SMILES string of the molecule is CNC(=S)C(=NOC)c1ccccc1COc1ccccc1C. The number of nitrogens with one attached hydrogen (secondary N) is 1. The van der Waals surface area contributed by atoms with E-state index in [-0.39, 0.29) is 0 Å². The molecule has 0 aliphatic carbocycles. The Kier molecular flexibility index (Phi) is 6.11. The molecule has 0 heterocycles. The largest absolute Gasteiger partial charge is 0.489 e.